The monoisotopic (exact) mass is 429 g/mol. The Bertz CT molecular complexity index is 940. The van der Waals surface area contributed by atoms with E-state index in [-0.39, 0.29) is 40.4 Å². The summed E-state index contributed by atoms with van der Waals surface area (Å²) in [5.74, 6) is -0.282. The molecule has 0 saturated carbocycles. The van der Waals surface area contributed by atoms with Gasteiger partial charge in [-0.05, 0) is 31.0 Å². The maximum absolute atomic E-state index is 12.9. The smallest absolute Gasteiger partial charge is 0.338 e. The summed E-state index contributed by atoms with van der Waals surface area (Å²) in [7, 11) is -2.29. The zero-order chi connectivity index (χ0) is 20.1. The first-order valence-corrected chi connectivity index (χ1v) is 10.5. The molecular weight excluding hydrogens is 410 g/mol. The third-order valence-corrected chi connectivity index (χ3v) is 6.59. The number of carbonyl (C=O) groups is 1. The van der Waals surface area contributed by atoms with Crippen molar-refractivity contribution in [3.8, 4) is 0 Å². The van der Waals surface area contributed by atoms with Crippen molar-refractivity contribution in [2.24, 2.45) is 0 Å². The summed E-state index contributed by atoms with van der Waals surface area (Å²) < 4.78 is 42.1. The topological polar surface area (TPSA) is 112 Å². The van der Waals surface area contributed by atoms with Crippen LogP contribution >= 0.6 is 11.6 Å². The highest BCUT2D eigenvalue weighted by Crippen LogP contribution is 2.28. The van der Waals surface area contributed by atoms with E-state index in [1.807, 2.05) is 0 Å². The van der Waals surface area contributed by atoms with Gasteiger partial charge in [0.05, 0.1) is 10.6 Å². The number of ether oxygens (including phenoxy) is 2. The van der Waals surface area contributed by atoms with Gasteiger partial charge in [-0.2, -0.15) is 9.29 Å². The molecule has 1 aliphatic rings. The third kappa shape index (κ3) is 4.69. The number of nitrogens with zero attached hydrogens (tertiary/aromatic N) is 3. The Balaban J connectivity index is 1.73. The van der Waals surface area contributed by atoms with E-state index in [2.05, 4.69) is 10.1 Å². The predicted octanol–water partition coefficient (Wildman–Crippen LogP) is 2.40. The number of methoxy groups -OCH3 is 1. The number of aromatic nitrogens is 2. The van der Waals surface area contributed by atoms with Crippen molar-refractivity contribution in [3.63, 3.8) is 0 Å². The molecule has 0 amide bonds. The van der Waals surface area contributed by atoms with Gasteiger partial charge >= 0.3 is 5.97 Å². The molecule has 2 aromatic rings. The van der Waals surface area contributed by atoms with Crippen molar-refractivity contribution in [3.05, 3.63) is 40.5 Å². The minimum atomic E-state index is -3.78. The van der Waals surface area contributed by atoms with Gasteiger partial charge in [0.25, 0.3) is 5.89 Å². The summed E-state index contributed by atoms with van der Waals surface area (Å²) in [6.07, 6.45) is 2.59. The number of piperidine rings is 1. The van der Waals surface area contributed by atoms with Crippen molar-refractivity contribution >= 4 is 27.6 Å². The molecule has 0 N–H and O–H groups in total. The second-order valence-electron chi connectivity index (χ2n) is 6.22. The Hall–Kier alpha value is -2.01. The summed E-state index contributed by atoms with van der Waals surface area (Å²) in [5.41, 5.74) is 0.0700. The van der Waals surface area contributed by atoms with Crippen LogP contribution in [0.15, 0.2) is 27.6 Å². The Kier molecular flexibility index (Phi) is 6.65. The highest BCUT2D eigenvalue weighted by atomic mass is 35.5. The van der Waals surface area contributed by atoms with Gasteiger partial charge in [0.1, 0.15) is 11.5 Å². The van der Waals surface area contributed by atoms with Gasteiger partial charge < -0.3 is 14.0 Å². The van der Waals surface area contributed by atoms with Gasteiger partial charge in [-0.3, -0.25) is 0 Å². The molecule has 0 radical (unpaired) electrons. The molecule has 0 atom stereocenters. The lowest BCUT2D eigenvalue weighted by Gasteiger charge is -2.26. The van der Waals surface area contributed by atoms with Gasteiger partial charge in [0, 0.05) is 20.2 Å². The van der Waals surface area contributed by atoms with E-state index in [1.54, 1.807) is 0 Å². The summed E-state index contributed by atoms with van der Waals surface area (Å²) in [6.45, 7) is 0.808. The summed E-state index contributed by atoms with van der Waals surface area (Å²) in [5, 5.41) is 3.73. The Morgan fingerprint density at radius 3 is 2.71 bits per heavy atom. The molecule has 1 fully saturated rings. The zero-order valence-corrected chi connectivity index (χ0v) is 16.8. The van der Waals surface area contributed by atoms with E-state index >= 15 is 0 Å². The molecule has 9 nitrogen and oxygen atoms in total. The van der Waals surface area contributed by atoms with Crippen LogP contribution in [-0.2, 0) is 32.7 Å². The van der Waals surface area contributed by atoms with E-state index in [0.717, 1.165) is 19.3 Å². The van der Waals surface area contributed by atoms with Crippen LogP contribution in [-0.4, -0.2) is 49.0 Å². The second kappa shape index (κ2) is 8.99. The van der Waals surface area contributed by atoms with Crippen LogP contribution in [0.4, 0.5) is 0 Å². The zero-order valence-electron chi connectivity index (χ0n) is 15.3. The lowest BCUT2D eigenvalue weighted by molar-refractivity contribution is 0.0459. The van der Waals surface area contributed by atoms with Gasteiger partial charge in [-0.1, -0.05) is 23.2 Å². The largest absolute Gasteiger partial charge is 0.454 e. The summed E-state index contributed by atoms with van der Waals surface area (Å²) in [6, 6.07) is 4.02. The third-order valence-electron chi connectivity index (χ3n) is 4.21. The molecule has 1 saturated heterocycles. The fourth-order valence-corrected chi connectivity index (χ4v) is 4.83. The van der Waals surface area contributed by atoms with Gasteiger partial charge in [0.2, 0.25) is 15.8 Å². The predicted molar refractivity (Wildman–Crippen MR) is 98.2 cm³/mol. The fraction of sp³-hybridized carbons (Fsp3) is 0.471. The van der Waals surface area contributed by atoms with Gasteiger partial charge in [0.15, 0.2) is 6.61 Å². The minimum Gasteiger partial charge on any atom is -0.454 e. The van der Waals surface area contributed by atoms with Crippen molar-refractivity contribution in [2.75, 3.05) is 20.2 Å². The molecule has 1 aromatic carbocycles. The lowest BCUT2D eigenvalue weighted by Crippen LogP contribution is -2.35. The Morgan fingerprint density at radius 1 is 1.25 bits per heavy atom. The van der Waals surface area contributed by atoms with E-state index < -0.39 is 16.0 Å². The van der Waals surface area contributed by atoms with Gasteiger partial charge in [-0.15, -0.1) is 0 Å². The highest BCUT2D eigenvalue weighted by Gasteiger charge is 2.29. The normalized spacial score (nSPS) is 15.5. The van der Waals surface area contributed by atoms with Crippen molar-refractivity contribution in [2.45, 2.75) is 37.4 Å². The molecule has 28 heavy (non-hydrogen) atoms. The molecule has 1 aromatic heterocycles. The number of benzene rings is 1. The molecule has 3 rings (SSSR count). The van der Waals surface area contributed by atoms with Crippen LogP contribution in [0.5, 0.6) is 0 Å². The number of esters is 1. The second-order valence-corrected chi connectivity index (χ2v) is 8.54. The molecule has 11 heteroatoms. The van der Waals surface area contributed by atoms with Crippen molar-refractivity contribution in [1.29, 1.82) is 0 Å². The number of halogens is 1. The standard InChI is InChI=1S/C17H20ClN3O6S/c1-25-11-16-19-15(20-27-16)10-26-17(22)12-5-6-13(18)14(9-12)28(23,24)21-7-3-2-4-8-21/h5-6,9H,2-4,7-8,10-11H2,1H3. The van der Waals surface area contributed by atoms with Crippen LogP contribution in [0.25, 0.3) is 0 Å². The van der Waals surface area contributed by atoms with Crippen molar-refractivity contribution < 1.29 is 27.2 Å². The number of sulfonamides is 1. The van der Waals surface area contributed by atoms with Crippen LogP contribution in [0.3, 0.4) is 0 Å². The van der Waals surface area contributed by atoms with Crippen LogP contribution < -0.4 is 0 Å². The number of rotatable bonds is 7. The first-order valence-electron chi connectivity index (χ1n) is 8.69. The molecule has 2 heterocycles. The number of hydrogen-bond donors (Lipinski definition) is 0. The fourth-order valence-electron chi connectivity index (χ4n) is 2.82. The minimum absolute atomic E-state index is 0.0597. The molecule has 0 unspecified atom stereocenters. The van der Waals surface area contributed by atoms with Crippen LogP contribution in [0.2, 0.25) is 5.02 Å². The SMILES string of the molecule is COCc1nc(COC(=O)c2ccc(Cl)c(S(=O)(=O)N3CCCCC3)c2)no1. The van der Waals surface area contributed by atoms with Crippen molar-refractivity contribution in [1.82, 2.24) is 14.4 Å². The van der Waals surface area contributed by atoms with Crippen LogP contribution in [0.1, 0.15) is 41.3 Å². The maximum atomic E-state index is 12.9. The lowest BCUT2D eigenvalue weighted by atomic mass is 10.2. The molecular formula is C17H20ClN3O6S. The van der Waals surface area contributed by atoms with E-state index in [0.29, 0.717) is 13.1 Å². The first kappa shape index (κ1) is 20.7. The molecule has 152 valence electrons. The van der Waals surface area contributed by atoms with Crippen LogP contribution in [0, 0.1) is 0 Å². The van der Waals surface area contributed by atoms with Gasteiger partial charge in [-0.25, -0.2) is 13.2 Å². The average molecular weight is 430 g/mol. The molecule has 0 bridgehead atoms. The van der Waals surface area contributed by atoms with E-state index in [4.69, 9.17) is 25.6 Å². The quantitative estimate of drug-likeness (QED) is 0.616. The van der Waals surface area contributed by atoms with E-state index in [9.17, 15) is 13.2 Å². The summed E-state index contributed by atoms with van der Waals surface area (Å²) in [4.78, 5) is 16.2. The Labute approximate surface area is 167 Å². The first-order chi connectivity index (χ1) is 13.4. The molecule has 0 aliphatic carbocycles. The Morgan fingerprint density at radius 2 is 2.00 bits per heavy atom. The molecule has 0 spiro atoms. The maximum Gasteiger partial charge on any atom is 0.338 e. The number of carbonyl (C=O) groups excluding carboxylic acids is 1. The average Bonchev–Trinajstić information content (AvgIpc) is 3.15. The molecule has 1 aliphatic heterocycles. The highest BCUT2D eigenvalue weighted by molar-refractivity contribution is 7.89. The van der Waals surface area contributed by atoms with E-state index in [1.165, 1.54) is 29.6 Å². The number of hydrogen-bond acceptors (Lipinski definition) is 8. The summed E-state index contributed by atoms with van der Waals surface area (Å²) >= 11 is 6.11.